The van der Waals surface area contributed by atoms with Gasteiger partial charge >= 0.3 is 0 Å². The van der Waals surface area contributed by atoms with Crippen LogP contribution in [0, 0.1) is 5.92 Å². The van der Waals surface area contributed by atoms with E-state index < -0.39 is 0 Å². The number of hydrogen-bond donors (Lipinski definition) is 2. The van der Waals surface area contributed by atoms with E-state index in [1.165, 1.54) is 37.7 Å². The zero-order valence-corrected chi connectivity index (χ0v) is 11.5. The Labute approximate surface area is 114 Å². The van der Waals surface area contributed by atoms with E-state index >= 15 is 0 Å². The van der Waals surface area contributed by atoms with Crippen molar-refractivity contribution in [1.29, 1.82) is 0 Å². The van der Waals surface area contributed by atoms with E-state index in [1.54, 1.807) is 0 Å². The average Bonchev–Trinajstić information content (AvgIpc) is 2.80. The summed E-state index contributed by atoms with van der Waals surface area (Å²) in [5.74, 6) is 0.854. The number of hydrogen-bond acceptors (Lipinski definition) is 2. The third kappa shape index (κ3) is 2.52. The van der Waals surface area contributed by atoms with E-state index in [0.29, 0.717) is 12.5 Å². The Morgan fingerprint density at radius 2 is 2.05 bits per heavy atom. The van der Waals surface area contributed by atoms with Crippen LogP contribution in [0.4, 0.5) is 5.69 Å². The highest BCUT2D eigenvalue weighted by Crippen LogP contribution is 2.36. The Morgan fingerprint density at radius 3 is 2.79 bits per heavy atom. The summed E-state index contributed by atoms with van der Waals surface area (Å²) in [6.07, 6.45) is 7.26. The number of anilines is 1. The zero-order chi connectivity index (χ0) is 13.2. The smallest absolute Gasteiger partial charge is 0.228 e. The number of nitrogens with one attached hydrogen (secondary N) is 2. The van der Waals surface area contributed by atoms with Crippen LogP contribution in [0.25, 0.3) is 0 Å². The molecule has 1 unspecified atom stereocenters. The van der Waals surface area contributed by atoms with Crippen molar-refractivity contribution in [3.05, 3.63) is 29.3 Å². The molecule has 0 bridgehead atoms. The first-order valence-electron chi connectivity index (χ1n) is 7.38. The van der Waals surface area contributed by atoms with E-state index in [-0.39, 0.29) is 5.91 Å². The van der Waals surface area contributed by atoms with Crippen LogP contribution in [0.2, 0.25) is 0 Å². The van der Waals surface area contributed by atoms with Gasteiger partial charge in [-0.05, 0) is 43.0 Å². The minimum absolute atomic E-state index is 0.117. The number of carbonyl (C=O) groups is 1. The molecule has 0 radical (unpaired) electrons. The van der Waals surface area contributed by atoms with Crippen LogP contribution < -0.4 is 10.6 Å². The maximum Gasteiger partial charge on any atom is 0.228 e. The Kier molecular flexibility index (Phi) is 3.56. The number of amides is 1. The van der Waals surface area contributed by atoms with Gasteiger partial charge in [-0.25, -0.2) is 0 Å². The molecule has 1 fully saturated rings. The lowest BCUT2D eigenvalue weighted by Crippen LogP contribution is -2.27. The molecule has 19 heavy (non-hydrogen) atoms. The van der Waals surface area contributed by atoms with Crippen molar-refractivity contribution in [3.8, 4) is 0 Å². The Bertz CT molecular complexity index is 478. The zero-order valence-electron chi connectivity index (χ0n) is 11.5. The van der Waals surface area contributed by atoms with Crippen LogP contribution in [0.1, 0.15) is 49.3 Å². The van der Waals surface area contributed by atoms with Crippen LogP contribution in [0.3, 0.4) is 0 Å². The standard InChI is InChI=1S/C16H22N2O/c1-17-16(11-5-3-2-4-6-11)12-7-8-14-13(9-12)10-15(19)18-14/h7-9,11,16-17H,2-6,10H2,1H3,(H,18,19). The van der Waals surface area contributed by atoms with Gasteiger partial charge in [-0.15, -0.1) is 0 Å². The third-order valence-corrected chi connectivity index (χ3v) is 4.55. The van der Waals surface area contributed by atoms with Gasteiger partial charge in [-0.3, -0.25) is 4.79 Å². The number of fused-ring (bicyclic) bond motifs is 1. The summed E-state index contributed by atoms with van der Waals surface area (Å²) in [5, 5.41) is 6.39. The first-order chi connectivity index (χ1) is 9.28. The average molecular weight is 258 g/mol. The summed E-state index contributed by atoms with van der Waals surface area (Å²) in [5.41, 5.74) is 3.48. The van der Waals surface area contributed by atoms with Crippen molar-refractivity contribution < 1.29 is 4.79 Å². The van der Waals surface area contributed by atoms with Gasteiger partial charge in [0.1, 0.15) is 0 Å². The van der Waals surface area contributed by atoms with Gasteiger partial charge < -0.3 is 10.6 Å². The molecule has 1 aliphatic heterocycles. The molecule has 3 nitrogen and oxygen atoms in total. The molecule has 1 aliphatic carbocycles. The fourth-order valence-electron chi connectivity index (χ4n) is 3.58. The highest BCUT2D eigenvalue weighted by Gasteiger charge is 2.25. The summed E-state index contributed by atoms with van der Waals surface area (Å²) in [7, 11) is 2.05. The molecule has 1 atom stereocenters. The molecule has 1 heterocycles. The van der Waals surface area contributed by atoms with E-state index in [2.05, 4.69) is 35.9 Å². The van der Waals surface area contributed by atoms with Crippen molar-refractivity contribution in [2.75, 3.05) is 12.4 Å². The molecule has 0 aromatic heterocycles. The maximum atomic E-state index is 11.4. The van der Waals surface area contributed by atoms with Gasteiger partial charge in [-0.1, -0.05) is 31.4 Å². The number of rotatable bonds is 3. The van der Waals surface area contributed by atoms with Gasteiger partial charge in [0.15, 0.2) is 0 Å². The monoisotopic (exact) mass is 258 g/mol. The summed E-state index contributed by atoms with van der Waals surface area (Å²) in [6.45, 7) is 0. The van der Waals surface area contributed by atoms with Crippen LogP contribution in [0.15, 0.2) is 18.2 Å². The van der Waals surface area contributed by atoms with E-state index in [9.17, 15) is 4.79 Å². The number of carbonyl (C=O) groups excluding carboxylic acids is 1. The van der Waals surface area contributed by atoms with Crippen molar-refractivity contribution in [1.82, 2.24) is 5.32 Å². The van der Waals surface area contributed by atoms with Gasteiger partial charge in [0.05, 0.1) is 6.42 Å². The van der Waals surface area contributed by atoms with Crippen LogP contribution in [0.5, 0.6) is 0 Å². The van der Waals surface area contributed by atoms with Crippen molar-refractivity contribution in [2.24, 2.45) is 5.92 Å². The lowest BCUT2D eigenvalue weighted by Gasteiger charge is -2.30. The molecule has 3 heteroatoms. The summed E-state index contributed by atoms with van der Waals surface area (Å²) >= 11 is 0. The van der Waals surface area contributed by atoms with Crippen molar-refractivity contribution >= 4 is 11.6 Å². The molecule has 0 saturated heterocycles. The van der Waals surface area contributed by atoms with Gasteiger partial charge in [-0.2, -0.15) is 0 Å². The second-order valence-corrected chi connectivity index (χ2v) is 5.81. The second-order valence-electron chi connectivity index (χ2n) is 5.81. The van der Waals surface area contributed by atoms with Crippen LogP contribution in [-0.4, -0.2) is 13.0 Å². The third-order valence-electron chi connectivity index (χ3n) is 4.55. The predicted octanol–water partition coefficient (Wildman–Crippen LogP) is 3.02. The molecule has 0 spiro atoms. The summed E-state index contributed by atoms with van der Waals surface area (Å²) < 4.78 is 0. The quantitative estimate of drug-likeness (QED) is 0.875. The summed E-state index contributed by atoms with van der Waals surface area (Å²) in [4.78, 5) is 11.4. The van der Waals surface area contributed by atoms with Crippen LogP contribution >= 0.6 is 0 Å². The molecule has 3 rings (SSSR count). The van der Waals surface area contributed by atoms with Crippen molar-refractivity contribution in [3.63, 3.8) is 0 Å². The molecule has 1 aromatic rings. The fourth-order valence-corrected chi connectivity index (χ4v) is 3.58. The highest BCUT2D eigenvalue weighted by atomic mass is 16.1. The highest BCUT2D eigenvalue weighted by molar-refractivity contribution is 5.99. The minimum atomic E-state index is 0.117. The van der Waals surface area contributed by atoms with E-state index in [0.717, 1.165) is 17.2 Å². The first-order valence-corrected chi connectivity index (χ1v) is 7.38. The molecule has 102 valence electrons. The lowest BCUT2D eigenvalue weighted by atomic mass is 9.81. The maximum absolute atomic E-state index is 11.4. The minimum Gasteiger partial charge on any atom is -0.326 e. The normalized spacial score (nSPS) is 21.0. The van der Waals surface area contributed by atoms with Crippen LogP contribution in [-0.2, 0) is 11.2 Å². The van der Waals surface area contributed by atoms with E-state index in [1.807, 2.05) is 0 Å². The van der Waals surface area contributed by atoms with Gasteiger partial charge in [0.25, 0.3) is 0 Å². The molecular formula is C16H22N2O. The topological polar surface area (TPSA) is 41.1 Å². The van der Waals surface area contributed by atoms with Crippen molar-refractivity contribution in [2.45, 2.75) is 44.6 Å². The number of benzene rings is 1. The van der Waals surface area contributed by atoms with E-state index in [4.69, 9.17) is 0 Å². The Hall–Kier alpha value is -1.35. The molecule has 1 saturated carbocycles. The fraction of sp³-hybridized carbons (Fsp3) is 0.562. The Morgan fingerprint density at radius 1 is 1.26 bits per heavy atom. The molecular weight excluding hydrogens is 236 g/mol. The lowest BCUT2D eigenvalue weighted by molar-refractivity contribution is -0.115. The largest absolute Gasteiger partial charge is 0.326 e. The second kappa shape index (κ2) is 5.33. The Balaban J connectivity index is 1.83. The molecule has 1 aromatic carbocycles. The predicted molar refractivity (Wildman–Crippen MR) is 77.2 cm³/mol. The molecule has 1 amide bonds. The summed E-state index contributed by atoms with van der Waals surface area (Å²) in [6, 6.07) is 6.87. The molecule has 2 aliphatic rings. The van der Waals surface area contributed by atoms with Gasteiger partial charge in [0, 0.05) is 11.7 Å². The molecule has 2 N–H and O–H groups in total. The van der Waals surface area contributed by atoms with Gasteiger partial charge in [0.2, 0.25) is 5.91 Å². The SMILES string of the molecule is CNC(c1ccc2c(c1)CC(=O)N2)C1CCCCC1. The first kappa shape index (κ1) is 12.7.